The SMILES string of the molecule is O=C(COC(=O)c1c2c(nc3ccccc13)CCC(c1ccccc1)C2)Nc1cc([N+](=O)[O-])ccc1Cl. The van der Waals surface area contributed by atoms with Gasteiger partial charge in [-0.05, 0) is 48.4 Å². The van der Waals surface area contributed by atoms with Crippen LogP contribution >= 0.6 is 11.6 Å². The topological polar surface area (TPSA) is 111 Å². The van der Waals surface area contributed by atoms with E-state index in [0.717, 1.165) is 30.2 Å². The first-order valence-corrected chi connectivity index (χ1v) is 12.1. The van der Waals surface area contributed by atoms with Crippen molar-refractivity contribution < 1.29 is 19.2 Å². The van der Waals surface area contributed by atoms with Crippen molar-refractivity contribution in [1.82, 2.24) is 4.98 Å². The molecule has 3 aromatic carbocycles. The Morgan fingerprint density at radius 2 is 1.84 bits per heavy atom. The number of amides is 1. The van der Waals surface area contributed by atoms with E-state index < -0.39 is 23.4 Å². The number of nitrogens with zero attached hydrogens (tertiary/aromatic N) is 2. The molecule has 0 bridgehead atoms. The number of para-hydroxylation sites is 1. The average molecular weight is 516 g/mol. The van der Waals surface area contributed by atoms with Crippen LogP contribution < -0.4 is 5.32 Å². The molecule has 1 aliphatic rings. The molecule has 0 aliphatic heterocycles. The number of nitro groups is 1. The van der Waals surface area contributed by atoms with Crippen molar-refractivity contribution in [1.29, 1.82) is 0 Å². The van der Waals surface area contributed by atoms with Crippen LogP contribution in [0.15, 0.2) is 72.8 Å². The van der Waals surface area contributed by atoms with Gasteiger partial charge in [-0.1, -0.05) is 60.1 Å². The Morgan fingerprint density at radius 3 is 2.62 bits per heavy atom. The van der Waals surface area contributed by atoms with E-state index in [1.807, 2.05) is 42.5 Å². The van der Waals surface area contributed by atoms with E-state index in [9.17, 15) is 19.7 Å². The van der Waals surface area contributed by atoms with Crippen LogP contribution in [0.5, 0.6) is 0 Å². The minimum atomic E-state index is -0.662. The van der Waals surface area contributed by atoms with E-state index in [0.29, 0.717) is 22.9 Å². The van der Waals surface area contributed by atoms with Gasteiger partial charge in [0.1, 0.15) is 0 Å². The second-order valence-electron chi connectivity index (χ2n) is 8.83. The molecule has 1 N–H and O–H groups in total. The third kappa shape index (κ3) is 5.15. The van der Waals surface area contributed by atoms with E-state index in [-0.39, 0.29) is 22.3 Å². The minimum Gasteiger partial charge on any atom is -0.452 e. The molecule has 0 radical (unpaired) electrons. The number of aromatic nitrogens is 1. The highest BCUT2D eigenvalue weighted by atomic mass is 35.5. The predicted octanol–water partition coefficient (Wildman–Crippen LogP) is 5.86. The van der Waals surface area contributed by atoms with Crippen molar-refractivity contribution in [3.8, 4) is 0 Å². The molecule has 0 spiro atoms. The Bertz CT molecular complexity index is 1520. The van der Waals surface area contributed by atoms with Gasteiger partial charge >= 0.3 is 5.97 Å². The Hall–Kier alpha value is -4.30. The molecule has 1 aromatic heterocycles. The first kappa shape index (κ1) is 24.4. The van der Waals surface area contributed by atoms with Gasteiger partial charge in [-0.3, -0.25) is 19.9 Å². The fourth-order valence-corrected chi connectivity index (χ4v) is 4.91. The number of carbonyl (C=O) groups is 2. The lowest BCUT2D eigenvalue weighted by atomic mass is 9.80. The number of halogens is 1. The number of nitro benzene ring substituents is 1. The summed E-state index contributed by atoms with van der Waals surface area (Å²) in [4.78, 5) is 41.2. The standard InChI is InChI=1S/C28H22ClN3O5/c29-22-12-11-19(32(35)36)15-25(22)31-26(33)16-37-28(34)27-20-8-4-5-9-23(20)30-24-13-10-18(14-21(24)27)17-6-2-1-3-7-17/h1-9,11-12,15,18H,10,13-14,16H2,(H,31,33). The molecule has 0 fully saturated rings. The number of hydrogen-bond donors (Lipinski definition) is 1. The third-order valence-corrected chi connectivity index (χ3v) is 6.83. The summed E-state index contributed by atoms with van der Waals surface area (Å²) in [5.41, 5.74) is 3.86. The maximum absolute atomic E-state index is 13.4. The number of hydrogen-bond acceptors (Lipinski definition) is 6. The van der Waals surface area contributed by atoms with Crippen LogP contribution in [-0.4, -0.2) is 28.4 Å². The van der Waals surface area contributed by atoms with E-state index in [4.69, 9.17) is 21.3 Å². The molecule has 0 saturated carbocycles. The Balaban J connectivity index is 1.39. The molecule has 1 atom stereocenters. The molecular weight excluding hydrogens is 494 g/mol. The fraction of sp³-hybridized carbons (Fsp3) is 0.179. The summed E-state index contributed by atoms with van der Waals surface area (Å²) in [6.45, 7) is -0.578. The van der Waals surface area contributed by atoms with Crippen molar-refractivity contribution in [2.24, 2.45) is 0 Å². The minimum absolute atomic E-state index is 0.0642. The van der Waals surface area contributed by atoms with Crippen LogP contribution in [0.4, 0.5) is 11.4 Å². The monoisotopic (exact) mass is 515 g/mol. The number of anilines is 1. The van der Waals surface area contributed by atoms with Crippen LogP contribution in [0, 0.1) is 10.1 Å². The molecule has 1 aliphatic carbocycles. The number of aryl methyl sites for hydroxylation is 1. The first-order valence-electron chi connectivity index (χ1n) is 11.8. The smallest absolute Gasteiger partial charge is 0.339 e. The number of ether oxygens (including phenoxy) is 1. The van der Waals surface area contributed by atoms with Gasteiger partial charge in [-0.2, -0.15) is 0 Å². The normalized spacial score (nSPS) is 14.6. The van der Waals surface area contributed by atoms with Gasteiger partial charge in [0.05, 0.1) is 26.7 Å². The molecule has 5 rings (SSSR count). The maximum Gasteiger partial charge on any atom is 0.339 e. The van der Waals surface area contributed by atoms with Gasteiger partial charge < -0.3 is 10.1 Å². The van der Waals surface area contributed by atoms with Gasteiger partial charge in [-0.25, -0.2) is 4.79 Å². The van der Waals surface area contributed by atoms with Crippen LogP contribution in [0.1, 0.15) is 39.5 Å². The van der Waals surface area contributed by atoms with Gasteiger partial charge in [0.25, 0.3) is 11.6 Å². The molecule has 186 valence electrons. The van der Waals surface area contributed by atoms with Crippen LogP contribution in [0.25, 0.3) is 10.9 Å². The first-order chi connectivity index (χ1) is 17.9. The molecule has 9 heteroatoms. The highest BCUT2D eigenvalue weighted by molar-refractivity contribution is 6.33. The van der Waals surface area contributed by atoms with Gasteiger partial charge in [0.15, 0.2) is 6.61 Å². The summed E-state index contributed by atoms with van der Waals surface area (Å²) < 4.78 is 5.44. The number of carbonyl (C=O) groups excluding carboxylic acids is 2. The summed E-state index contributed by atoms with van der Waals surface area (Å²) in [6, 6.07) is 21.2. The largest absolute Gasteiger partial charge is 0.452 e. The molecule has 37 heavy (non-hydrogen) atoms. The summed E-state index contributed by atoms with van der Waals surface area (Å²) >= 11 is 6.06. The number of esters is 1. The van der Waals surface area contributed by atoms with E-state index >= 15 is 0 Å². The molecule has 1 heterocycles. The van der Waals surface area contributed by atoms with Crippen LogP contribution in [0.3, 0.4) is 0 Å². The molecule has 8 nitrogen and oxygen atoms in total. The molecular formula is C28H22ClN3O5. The number of non-ortho nitro benzene ring substituents is 1. The number of pyridine rings is 1. The second kappa shape index (κ2) is 10.4. The zero-order valence-corrected chi connectivity index (χ0v) is 20.4. The van der Waals surface area contributed by atoms with E-state index in [1.54, 1.807) is 0 Å². The summed E-state index contributed by atoms with van der Waals surface area (Å²) in [5.74, 6) is -1.04. The number of benzene rings is 3. The van der Waals surface area contributed by atoms with Crippen molar-refractivity contribution in [2.45, 2.75) is 25.2 Å². The predicted molar refractivity (Wildman–Crippen MR) is 140 cm³/mol. The van der Waals surface area contributed by atoms with Crippen molar-refractivity contribution >= 4 is 45.8 Å². The molecule has 1 unspecified atom stereocenters. The third-order valence-electron chi connectivity index (χ3n) is 6.50. The van der Waals surface area contributed by atoms with Crippen LogP contribution in [0.2, 0.25) is 5.02 Å². The summed E-state index contributed by atoms with van der Waals surface area (Å²) in [7, 11) is 0. The lowest BCUT2D eigenvalue weighted by Crippen LogP contribution is -2.24. The Kier molecular flexibility index (Phi) is 6.83. The zero-order valence-electron chi connectivity index (χ0n) is 19.6. The highest BCUT2D eigenvalue weighted by Gasteiger charge is 2.28. The van der Waals surface area contributed by atoms with Gasteiger partial charge in [0.2, 0.25) is 0 Å². The van der Waals surface area contributed by atoms with Crippen molar-refractivity contribution in [3.63, 3.8) is 0 Å². The molecule has 1 amide bonds. The average Bonchev–Trinajstić information content (AvgIpc) is 2.91. The number of nitrogens with one attached hydrogen (secondary N) is 1. The maximum atomic E-state index is 13.4. The Morgan fingerprint density at radius 1 is 1.08 bits per heavy atom. The van der Waals surface area contributed by atoms with E-state index in [1.165, 1.54) is 17.7 Å². The quantitative estimate of drug-likeness (QED) is 0.195. The fourth-order valence-electron chi connectivity index (χ4n) is 4.74. The van der Waals surface area contributed by atoms with Gasteiger partial charge in [0, 0.05) is 23.2 Å². The van der Waals surface area contributed by atoms with Crippen molar-refractivity contribution in [2.75, 3.05) is 11.9 Å². The lowest BCUT2D eigenvalue weighted by molar-refractivity contribution is -0.384. The number of fused-ring (bicyclic) bond motifs is 2. The van der Waals surface area contributed by atoms with Crippen LogP contribution in [-0.2, 0) is 22.4 Å². The number of rotatable bonds is 6. The van der Waals surface area contributed by atoms with Crippen molar-refractivity contribution in [3.05, 3.63) is 110 Å². The zero-order chi connectivity index (χ0) is 25.9. The Labute approximate surface area is 217 Å². The van der Waals surface area contributed by atoms with E-state index in [2.05, 4.69) is 17.4 Å². The molecule has 4 aromatic rings. The summed E-state index contributed by atoms with van der Waals surface area (Å²) in [6.07, 6.45) is 2.28. The highest BCUT2D eigenvalue weighted by Crippen LogP contribution is 2.36. The summed E-state index contributed by atoms with van der Waals surface area (Å²) in [5, 5.41) is 14.3. The lowest BCUT2D eigenvalue weighted by Gasteiger charge is -2.26. The van der Waals surface area contributed by atoms with Gasteiger partial charge in [-0.15, -0.1) is 0 Å². The molecule has 0 saturated heterocycles. The second-order valence-corrected chi connectivity index (χ2v) is 9.23.